The quantitative estimate of drug-likeness (QED) is 0.0222. The molecule has 19 heteroatoms. The Kier molecular flexibility index (Phi) is 77.3. The Balaban J connectivity index is 5.20. The summed E-state index contributed by atoms with van der Waals surface area (Å²) >= 11 is 0. The van der Waals surface area contributed by atoms with E-state index in [1.54, 1.807) is 0 Å². The number of carbonyl (C=O) groups excluding carboxylic acids is 4. The Morgan fingerprint density at radius 2 is 0.438 bits per heavy atom. The summed E-state index contributed by atoms with van der Waals surface area (Å²) in [6, 6.07) is 0. The number of phosphoric ester groups is 2. The minimum Gasteiger partial charge on any atom is -0.462 e. The van der Waals surface area contributed by atoms with Gasteiger partial charge in [-0.2, -0.15) is 0 Å². The van der Waals surface area contributed by atoms with Crippen molar-refractivity contribution in [1.29, 1.82) is 0 Å². The van der Waals surface area contributed by atoms with E-state index < -0.39 is 97.5 Å². The molecule has 5 atom stereocenters. The van der Waals surface area contributed by atoms with Gasteiger partial charge in [0.1, 0.15) is 19.3 Å². The predicted molar refractivity (Wildman–Crippen MR) is 432 cm³/mol. The molecular weight excluding hydrogens is 1370 g/mol. The molecule has 0 aliphatic heterocycles. The first-order valence-corrected chi connectivity index (χ1v) is 47.6. The van der Waals surface area contributed by atoms with Crippen molar-refractivity contribution >= 4 is 39.5 Å². The van der Waals surface area contributed by atoms with E-state index in [4.69, 9.17) is 37.0 Å². The zero-order valence-corrected chi connectivity index (χ0v) is 70.7. The third-order valence-corrected chi connectivity index (χ3v) is 22.2. The highest BCUT2D eigenvalue weighted by Crippen LogP contribution is 2.45. The largest absolute Gasteiger partial charge is 0.472 e. The Labute approximate surface area is 645 Å². The molecule has 17 nitrogen and oxygen atoms in total. The van der Waals surface area contributed by atoms with Gasteiger partial charge in [-0.3, -0.25) is 37.3 Å². The van der Waals surface area contributed by atoms with Crippen LogP contribution in [0.25, 0.3) is 0 Å². The highest BCUT2D eigenvalue weighted by Gasteiger charge is 2.30. The lowest BCUT2D eigenvalue weighted by Gasteiger charge is -2.21. The molecule has 0 spiro atoms. The number of carbonyl (C=O) groups is 4. The van der Waals surface area contributed by atoms with Gasteiger partial charge in [0.05, 0.1) is 26.4 Å². The SMILES string of the molecule is CCCCCCCCCCCCCCCCCCCCCCCC(=O)O[C@H](COC(=O)CCCCCCCCCCCCCCCCCCC(C)C)COP(=O)(O)OC[C@@H](O)COP(=O)(O)OC[C@@H](COC(=O)CCCCCCCCCCC)OC(=O)CCCCCCCCCCCCCCCCCC. The van der Waals surface area contributed by atoms with Crippen molar-refractivity contribution in [3.63, 3.8) is 0 Å². The summed E-state index contributed by atoms with van der Waals surface area (Å²) in [5, 5.41) is 10.7. The zero-order chi connectivity index (χ0) is 76.9. The van der Waals surface area contributed by atoms with Crippen LogP contribution < -0.4 is 0 Å². The molecule has 624 valence electrons. The van der Waals surface area contributed by atoms with E-state index in [2.05, 4.69) is 34.6 Å². The number of aliphatic hydroxyl groups excluding tert-OH is 1. The monoisotopic (exact) mass is 1540 g/mol. The number of phosphoric acid groups is 2. The number of hydrogen-bond donors (Lipinski definition) is 3. The van der Waals surface area contributed by atoms with Crippen LogP contribution in [-0.4, -0.2) is 96.7 Å². The molecular formula is C86H168O17P2. The molecule has 0 saturated carbocycles. The molecule has 2 unspecified atom stereocenters. The van der Waals surface area contributed by atoms with E-state index >= 15 is 0 Å². The van der Waals surface area contributed by atoms with Crippen LogP contribution in [0.4, 0.5) is 0 Å². The normalized spacial score (nSPS) is 13.8. The van der Waals surface area contributed by atoms with Crippen molar-refractivity contribution in [1.82, 2.24) is 0 Å². The van der Waals surface area contributed by atoms with Gasteiger partial charge in [-0.15, -0.1) is 0 Å². The second kappa shape index (κ2) is 78.7. The molecule has 0 bridgehead atoms. The maximum Gasteiger partial charge on any atom is 0.472 e. The average Bonchev–Trinajstić information content (AvgIpc) is 0.909. The van der Waals surface area contributed by atoms with Crippen LogP contribution in [-0.2, 0) is 65.4 Å². The molecule has 0 aliphatic rings. The highest BCUT2D eigenvalue weighted by molar-refractivity contribution is 7.47. The first-order valence-electron chi connectivity index (χ1n) is 44.6. The maximum atomic E-state index is 13.1. The number of aliphatic hydroxyl groups is 1. The van der Waals surface area contributed by atoms with Crippen molar-refractivity contribution in [3.05, 3.63) is 0 Å². The van der Waals surface area contributed by atoms with E-state index in [1.807, 2.05) is 0 Å². The second-order valence-electron chi connectivity index (χ2n) is 31.4. The van der Waals surface area contributed by atoms with Crippen LogP contribution in [0.15, 0.2) is 0 Å². The number of esters is 4. The van der Waals surface area contributed by atoms with Gasteiger partial charge in [-0.25, -0.2) is 9.13 Å². The van der Waals surface area contributed by atoms with Crippen molar-refractivity contribution in [2.24, 2.45) is 5.92 Å². The van der Waals surface area contributed by atoms with Crippen LogP contribution in [0.2, 0.25) is 0 Å². The number of unbranched alkanes of at least 4 members (excludes halogenated alkanes) is 58. The first kappa shape index (κ1) is 103. The Morgan fingerprint density at radius 1 is 0.257 bits per heavy atom. The Morgan fingerprint density at radius 3 is 0.648 bits per heavy atom. The van der Waals surface area contributed by atoms with E-state index in [0.29, 0.717) is 25.7 Å². The molecule has 0 fully saturated rings. The summed E-state index contributed by atoms with van der Waals surface area (Å²) < 4.78 is 68.8. The fraction of sp³-hybridized carbons (Fsp3) is 0.953. The van der Waals surface area contributed by atoms with Crippen LogP contribution >= 0.6 is 15.6 Å². The third kappa shape index (κ3) is 79.9. The standard InChI is InChI=1S/C86H168O17P2/c1-6-9-12-15-18-21-23-25-27-29-30-31-32-33-39-43-47-52-57-62-67-72-86(91)103-82(76-97-84(89)70-65-60-55-50-45-41-38-35-34-36-40-44-49-53-58-63-68-79(4)5)78-101-105(94,95)99-74-80(87)73-98-104(92,93)100-77-81(75-96-83(88)69-64-59-54-48-20-17-14-11-8-3)102-85(90)71-66-61-56-51-46-42-37-28-26-24-22-19-16-13-10-7-2/h79-82,87H,6-78H2,1-5H3,(H,92,93)(H,94,95)/t80-,81+,82+/m0/s1. The molecule has 0 aromatic rings. The van der Waals surface area contributed by atoms with Crippen LogP contribution in [0.1, 0.15) is 465 Å². The van der Waals surface area contributed by atoms with Crippen molar-refractivity contribution in [2.45, 2.75) is 483 Å². The molecule has 0 radical (unpaired) electrons. The average molecular weight is 1540 g/mol. The number of ether oxygens (including phenoxy) is 4. The summed E-state index contributed by atoms with van der Waals surface area (Å²) in [6.45, 7) is 7.38. The molecule has 0 aromatic carbocycles. The highest BCUT2D eigenvalue weighted by atomic mass is 31.2. The summed E-state index contributed by atoms with van der Waals surface area (Å²) in [4.78, 5) is 73.2. The third-order valence-electron chi connectivity index (χ3n) is 20.3. The fourth-order valence-corrected chi connectivity index (χ4v) is 15.1. The zero-order valence-electron chi connectivity index (χ0n) is 68.9. The van der Waals surface area contributed by atoms with Crippen LogP contribution in [0, 0.1) is 5.92 Å². The van der Waals surface area contributed by atoms with Gasteiger partial charge in [-0.1, -0.05) is 413 Å². The summed E-state index contributed by atoms with van der Waals surface area (Å²) in [7, 11) is -9.92. The van der Waals surface area contributed by atoms with Crippen LogP contribution in [0.3, 0.4) is 0 Å². The maximum absolute atomic E-state index is 13.1. The van der Waals surface area contributed by atoms with Gasteiger partial charge >= 0.3 is 39.5 Å². The molecule has 3 N–H and O–H groups in total. The van der Waals surface area contributed by atoms with Gasteiger partial charge in [0.15, 0.2) is 12.2 Å². The summed E-state index contributed by atoms with van der Waals surface area (Å²) in [5.41, 5.74) is 0. The van der Waals surface area contributed by atoms with E-state index in [-0.39, 0.29) is 25.7 Å². The molecule has 0 rings (SSSR count). The Hall–Kier alpha value is -1.94. The van der Waals surface area contributed by atoms with Gasteiger partial charge < -0.3 is 33.8 Å². The summed E-state index contributed by atoms with van der Waals surface area (Å²) in [6.07, 6.45) is 72.3. The van der Waals surface area contributed by atoms with Gasteiger partial charge in [0.2, 0.25) is 0 Å². The number of hydrogen-bond acceptors (Lipinski definition) is 15. The number of rotatable bonds is 86. The molecule has 0 aromatic heterocycles. The topological polar surface area (TPSA) is 237 Å². The van der Waals surface area contributed by atoms with Crippen molar-refractivity contribution in [2.75, 3.05) is 39.6 Å². The molecule has 0 aliphatic carbocycles. The lowest BCUT2D eigenvalue weighted by atomic mass is 10.0. The minimum absolute atomic E-state index is 0.109. The minimum atomic E-state index is -4.96. The first-order chi connectivity index (χ1) is 51.0. The lowest BCUT2D eigenvalue weighted by Crippen LogP contribution is -2.30. The van der Waals surface area contributed by atoms with Crippen molar-refractivity contribution in [3.8, 4) is 0 Å². The fourth-order valence-electron chi connectivity index (χ4n) is 13.5. The Bertz CT molecular complexity index is 2000. The van der Waals surface area contributed by atoms with Gasteiger partial charge in [-0.05, 0) is 31.6 Å². The molecule has 0 saturated heterocycles. The van der Waals surface area contributed by atoms with E-state index in [1.165, 1.54) is 289 Å². The van der Waals surface area contributed by atoms with Crippen molar-refractivity contribution < 1.29 is 80.2 Å². The second-order valence-corrected chi connectivity index (χ2v) is 34.3. The summed E-state index contributed by atoms with van der Waals surface area (Å²) in [5.74, 6) is -1.29. The van der Waals surface area contributed by atoms with E-state index in [9.17, 15) is 43.2 Å². The smallest absolute Gasteiger partial charge is 0.462 e. The molecule has 0 heterocycles. The van der Waals surface area contributed by atoms with E-state index in [0.717, 1.165) is 95.8 Å². The lowest BCUT2D eigenvalue weighted by molar-refractivity contribution is -0.161. The molecule has 0 amide bonds. The van der Waals surface area contributed by atoms with Gasteiger partial charge in [0, 0.05) is 25.7 Å². The predicted octanol–water partition coefficient (Wildman–Crippen LogP) is 26.4. The van der Waals surface area contributed by atoms with Gasteiger partial charge in [0.25, 0.3) is 0 Å². The van der Waals surface area contributed by atoms with Crippen LogP contribution in [0.5, 0.6) is 0 Å². The molecule has 105 heavy (non-hydrogen) atoms.